The van der Waals surface area contributed by atoms with Crippen molar-refractivity contribution < 1.29 is 9.59 Å². The Morgan fingerprint density at radius 1 is 1.17 bits per heavy atom. The van der Waals surface area contributed by atoms with Crippen LogP contribution >= 0.6 is 0 Å². The van der Waals surface area contributed by atoms with Crippen LogP contribution in [0.3, 0.4) is 0 Å². The molecule has 6 nitrogen and oxygen atoms in total. The van der Waals surface area contributed by atoms with Gasteiger partial charge >= 0.3 is 0 Å². The van der Waals surface area contributed by atoms with Crippen LogP contribution in [0.1, 0.15) is 19.3 Å². The van der Waals surface area contributed by atoms with Crippen molar-refractivity contribution in [3.8, 4) is 0 Å². The highest BCUT2D eigenvalue weighted by Crippen LogP contribution is 2.17. The molecule has 2 atom stereocenters. The highest BCUT2D eigenvalue weighted by molar-refractivity contribution is 5.81. The summed E-state index contributed by atoms with van der Waals surface area (Å²) in [6, 6.07) is 0.192. The summed E-state index contributed by atoms with van der Waals surface area (Å²) in [7, 11) is 0. The van der Waals surface area contributed by atoms with Gasteiger partial charge < -0.3 is 16.4 Å². The summed E-state index contributed by atoms with van der Waals surface area (Å²) in [5.41, 5.74) is 11.1. The highest BCUT2D eigenvalue weighted by Gasteiger charge is 2.29. The summed E-state index contributed by atoms with van der Waals surface area (Å²) in [5, 5.41) is 0. The van der Waals surface area contributed by atoms with Gasteiger partial charge in [-0.1, -0.05) is 0 Å². The molecule has 2 saturated heterocycles. The molecule has 4 N–H and O–H groups in total. The van der Waals surface area contributed by atoms with E-state index in [2.05, 4.69) is 4.90 Å². The zero-order valence-corrected chi connectivity index (χ0v) is 10.7. The van der Waals surface area contributed by atoms with Crippen LogP contribution in [0.4, 0.5) is 0 Å². The number of nitrogens with two attached hydrogens (primary N) is 2. The minimum absolute atomic E-state index is 0.0926. The van der Waals surface area contributed by atoms with Gasteiger partial charge in [0.05, 0.1) is 12.5 Å². The van der Waals surface area contributed by atoms with E-state index in [9.17, 15) is 9.59 Å². The van der Waals surface area contributed by atoms with Gasteiger partial charge in [-0.25, -0.2) is 0 Å². The van der Waals surface area contributed by atoms with Crippen LogP contribution < -0.4 is 11.5 Å². The van der Waals surface area contributed by atoms with Crippen LogP contribution in [-0.4, -0.2) is 60.4 Å². The lowest BCUT2D eigenvalue weighted by molar-refractivity contribution is -0.135. The molecule has 0 aromatic heterocycles. The van der Waals surface area contributed by atoms with E-state index in [4.69, 9.17) is 11.5 Å². The Bertz CT molecular complexity index is 334. The number of piperidine rings is 1. The second-order valence-corrected chi connectivity index (χ2v) is 5.37. The first-order chi connectivity index (χ1) is 8.56. The van der Waals surface area contributed by atoms with E-state index in [0.717, 1.165) is 38.9 Å². The van der Waals surface area contributed by atoms with Gasteiger partial charge in [0, 0.05) is 32.2 Å². The Balaban J connectivity index is 1.83. The molecule has 0 aliphatic carbocycles. The first-order valence-corrected chi connectivity index (χ1v) is 6.61. The van der Waals surface area contributed by atoms with Gasteiger partial charge in [-0.05, 0) is 19.3 Å². The quantitative estimate of drug-likeness (QED) is 0.657. The Morgan fingerprint density at radius 2 is 1.94 bits per heavy atom. The average molecular weight is 254 g/mol. The van der Waals surface area contributed by atoms with E-state index in [0.29, 0.717) is 13.1 Å². The molecule has 0 aromatic rings. The molecule has 18 heavy (non-hydrogen) atoms. The zero-order chi connectivity index (χ0) is 13.1. The Morgan fingerprint density at radius 3 is 2.56 bits per heavy atom. The number of primary amides is 1. The number of carbonyl (C=O) groups is 2. The predicted molar refractivity (Wildman–Crippen MR) is 67.5 cm³/mol. The third kappa shape index (κ3) is 3.20. The number of likely N-dealkylation sites (tertiary alicyclic amines) is 2. The van der Waals surface area contributed by atoms with Crippen LogP contribution in [0.2, 0.25) is 0 Å². The van der Waals surface area contributed by atoms with Gasteiger partial charge in [0.1, 0.15) is 0 Å². The van der Waals surface area contributed by atoms with Gasteiger partial charge in [-0.3, -0.25) is 14.5 Å². The summed E-state index contributed by atoms with van der Waals surface area (Å²) in [6.45, 7) is 3.31. The maximum atomic E-state index is 12.1. The van der Waals surface area contributed by atoms with Gasteiger partial charge in [0.25, 0.3) is 0 Å². The van der Waals surface area contributed by atoms with Gasteiger partial charge in [0.2, 0.25) is 11.8 Å². The monoisotopic (exact) mass is 254 g/mol. The summed E-state index contributed by atoms with van der Waals surface area (Å²) in [5.74, 6) is -0.380. The molecule has 0 spiro atoms. The molecule has 2 aliphatic heterocycles. The van der Waals surface area contributed by atoms with Gasteiger partial charge in [0.15, 0.2) is 0 Å². The first-order valence-electron chi connectivity index (χ1n) is 6.61. The molecular formula is C12H22N4O2. The molecule has 0 bridgehead atoms. The van der Waals surface area contributed by atoms with E-state index in [1.165, 1.54) is 0 Å². The van der Waals surface area contributed by atoms with E-state index >= 15 is 0 Å². The molecule has 0 aromatic carbocycles. The van der Waals surface area contributed by atoms with Crippen molar-refractivity contribution in [3.05, 3.63) is 0 Å². The van der Waals surface area contributed by atoms with Crippen molar-refractivity contribution >= 4 is 11.8 Å². The fraction of sp³-hybridized carbons (Fsp3) is 0.833. The van der Waals surface area contributed by atoms with Crippen LogP contribution in [0.25, 0.3) is 0 Å². The standard InChI is InChI=1S/C12H22N4O2/c13-10-3-5-15(7-10)8-11(17)16-4-1-2-9(6-16)12(14)18/h9-10H,1-8,13H2,(H2,14,18)/t9?,10-/m1/s1. The van der Waals surface area contributed by atoms with Crippen molar-refractivity contribution in [2.45, 2.75) is 25.3 Å². The number of carbonyl (C=O) groups excluding carboxylic acids is 2. The molecule has 2 aliphatic rings. The molecule has 2 heterocycles. The topological polar surface area (TPSA) is 92.7 Å². The van der Waals surface area contributed by atoms with Crippen molar-refractivity contribution in [3.63, 3.8) is 0 Å². The highest BCUT2D eigenvalue weighted by atomic mass is 16.2. The summed E-state index contributed by atoms with van der Waals surface area (Å²) < 4.78 is 0. The van der Waals surface area contributed by atoms with E-state index in [1.807, 2.05) is 0 Å². The Hall–Kier alpha value is -1.14. The fourth-order valence-electron chi connectivity index (χ4n) is 2.73. The third-order valence-electron chi connectivity index (χ3n) is 3.84. The molecule has 1 unspecified atom stereocenters. The molecule has 2 rings (SSSR count). The Kier molecular flexibility index (Phi) is 4.19. The zero-order valence-electron chi connectivity index (χ0n) is 10.7. The number of amides is 2. The van der Waals surface area contributed by atoms with E-state index in [-0.39, 0.29) is 23.8 Å². The van der Waals surface area contributed by atoms with Crippen molar-refractivity contribution in [1.29, 1.82) is 0 Å². The number of rotatable bonds is 3. The van der Waals surface area contributed by atoms with E-state index < -0.39 is 0 Å². The Labute approximate surface area is 107 Å². The molecule has 6 heteroatoms. The SMILES string of the molecule is NC(=O)C1CCCN(C(=O)CN2CC[C@@H](N)C2)C1. The minimum atomic E-state index is -0.296. The maximum absolute atomic E-state index is 12.1. The van der Waals surface area contributed by atoms with Crippen LogP contribution in [-0.2, 0) is 9.59 Å². The lowest BCUT2D eigenvalue weighted by Crippen LogP contribution is -2.47. The van der Waals surface area contributed by atoms with Crippen molar-refractivity contribution in [1.82, 2.24) is 9.80 Å². The van der Waals surface area contributed by atoms with Crippen LogP contribution in [0.5, 0.6) is 0 Å². The average Bonchev–Trinajstić information content (AvgIpc) is 2.75. The van der Waals surface area contributed by atoms with Gasteiger partial charge in [-0.15, -0.1) is 0 Å². The van der Waals surface area contributed by atoms with Crippen LogP contribution in [0.15, 0.2) is 0 Å². The molecule has 0 saturated carbocycles. The first kappa shape index (κ1) is 13.3. The van der Waals surface area contributed by atoms with E-state index in [1.54, 1.807) is 4.90 Å². The van der Waals surface area contributed by atoms with Crippen molar-refractivity contribution in [2.75, 3.05) is 32.7 Å². The van der Waals surface area contributed by atoms with Crippen LogP contribution in [0, 0.1) is 5.92 Å². The second kappa shape index (κ2) is 5.67. The maximum Gasteiger partial charge on any atom is 0.236 e. The van der Waals surface area contributed by atoms with Crippen molar-refractivity contribution in [2.24, 2.45) is 17.4 Å². The number of hydrogen-bond donors (Lipinski definition) is 2. The number of hydrogen-bond acceptors (Lipinski definition) is 4. The lowest BCUT2D eigenvalue weighted by atomic mass is 9.97. The van der Waals surface area contributed by atoms with Gasteiger partial charge in [-0.2, -0.15) is 0 Å². The minimum Gasteiger partial charge on any atom is -0.369 e. The molecule has 2 amide bonds. The lowest BCUT2D eigenvalue weighted by Gasteiger charge is -2.32. The fourth-order valence-corrected chi connectivity index (χ4v) is 2.73. The summed E-state index contributed by atoms with van der Waals surface area (Å²) >= 11 is 0. The summed E-state index contributed by atoms with van der Waals surface area (Å²) in [6.07, 6.45) is 2.61. The largest absolute Gasteiger partial charge is 0.369 e. The molecule has 2 fully saturated rings. The third-order valence-corrected chi connectivity index (χ3v) is 3.84. The predicted octanol–water partition coefficient (Wildman–Crippen LogP) is -1.26. The second-order valence-electron chi connectivity index (χ2n) is 5.37. The molecule has 0 radical (unpaired) electrons. The molecular weight excluding hydrogens is 232 g/mol. The number of nitrogens with zero attached hydrogens (tertiary/aromatic N) is 2. The normalized spacial score (nSPS) is 29.5. The molecule has 102 valence electrons. The smallest absolute Gasteiger partial charge is 0.236 e. The summed E-state index contributed by atoms with van der Waals surface area (Å²) in [4.78, 5) is 27.1.